The highest BCUT2D eigenvalue weighted by molar-refractivity contribution is 5.17. The first-order valence-corrected chi connectivity index (χ1v) is 6.97. The maximum atomic E-state index is 5.88. The zero-order valence-corrected chi connectivity index (χ0v) is 11.5. The molecule has 3 nitrogen and oxygen atoms in total. The highest BCUT2D eigenvalue weighted by atomic mass is 16.3. The molecule has 3 rings (SSSR count). The molecule has 0 spiro atoms. The van der Waals surface area contributed by atoms with Crippen molar-refractivity contribution in [1.82, 2.24) is 10.3 Å². The summed E-state index contributed by atoms with van der Waals surface area (Å²) in [4.78, 5) is 4.35. The summed E-state index contributed by atoms with van der Waals surface area (Å²) in [6, 6.07) is 10.4. The fourth-order valence-electron chi connectivity index (χ4n) is 2.40. The molecule has 1 fully saturated rings. The molecule has 0 aromatic carbocycles. The Bertz CT molecular complexity index is 535. The molecule has 0 bridgehead atoms. The summed E-state index contributed by atoms with van der Waals surface area (Å²) in [7, 11) is 0. The number of nitrogens with one attached hydrogen (secondary N) is 1. The van der Waals surface area contributed by atoms with E-state index in [0.29, 0.717) is 5.92 Å². The van der Waals surface area contributed by atoms with E-state index < -0.39 is 0 Å². The summed E-state index contributed by atoms with van der Waals surface area (Å²) in [6.45, 7) is 5.14. The van der Waals surface area contributed by atoms with Gasteiger partial charge in [0, 0.05) is 18.2 Å². The Labute approximate surface area is 114 Å². The Morgan fingerprint density at radius 1 is 1.37 bits per heavy atom. The average Bonchev–Trinajstić information content (AvgIpc) is 3.00. The molecule has 0 aliphatic heterocycles. The first kappa shape index (κ1) is 12.4. The lowest BCUT2D eigenvalue weighted by molar-refractivity contribution is 0.428. The van der Waals surface area contributed by atoms with Crippen LogP contribution in [0.5, 0.6) is 0 Å². The van der Waals surface area contributed by atoms with Crippen molar-refractivity contribution < 1.29 is 4.42 Å². The maximum Gasteiger partial charge on any atom is 0.117 e. The van der Waals surface area contributed by atoms with Gasteiger partial charge >= 0.3 is 0 Å². The number of nitrogens with zero attached hydrogens (tertiary/aromatic N) is 1. The SMILES string of the molecule is CC1CC1c1ccc(CN[C@H](C)c2ccccn2)o1. The van der Waals surface area contributed by atoms with Gasteiger partial charge < -0.3 is 9.73 Å². The molecule has 0 saturated heterocycles. The molecule has 3 heteroatoms. The maximum absolute atomic E-state index is 5.88. The van der Waals surface area contributed by atoms with Crippen LogP contribution in [0.1, 0.15) is 49.4 Å². The van der Waals surface area contributed by atoms with Crippen LogP contribution in [0.25, 0.3) is 0 Å². The van der Waals surface area contributed by atoms with Crippen LogP contribution in [0, 0.1) is 5.92 Å². The predicted octanol–water partition coefficient (Wildman–Crippen LogP) is 3.65. The van der Waals surface area contributed by atoms with Crippen LogP contribution < -0.4 is 5.32 Å². The van der Waals surface area contributed by atoms with E-state index in [4.69, 9.17) is 4.42 Å². The van der Waals surface area contributed by atoms with Crippen LogP contribution in [0.2, 0.25) is 0 Å². The van der Waals surface area contributed by atoms with Crippen molar-refractivity contribution in [1.29, 1.82) is 0 Å². The fourth-order valence-corrected chi connectivity index (χ4v) is 2.40. The van der Waals surface area contributed by atoms with Gasteiger partial charge in [0.2, 0.25) is 0 Å². The number of rotatable bonds is 5. The van der Waals surface area contributed by atoms with E-state index in [-0.39, 0.29) is 6.04 Å². The van der Waals surface area contributed by atoms with Gasteiger partial charge in [-0.15, -0.1) is 0 Å². The molecule has 0 radical (unpaired) electrons. The number of furan rings is 1. The lowest BCUT2D eigenvalue weighted by atomic mass is 10.2. The van der Waals surface area contributed by atoms with Gasteiger partial charge in [0.15, 0.2) is 0 Å². The minimum Gasteiger partial charge on any atom is -0.464 e. The second kappa shape index (κ2) is 5.17. The quantitative estimate of drug-likeness (QED) is 0.887. The van der Waals surface area contributed by atoms with Gasteiger partial charge in [0.1, 0.15) is 11.5 Å². The highest BCUT2D eigenvalue weighted by Gasteiger charge is 2.36. The minimum absolute atomic E-state index is 0.231. The number of aromatic nitrogens is 1. The molecule has 2 heterocycles. The normalized spacial score (nSPS) is 23.3. The molecular formula is C16H20N2O. The van der Waals surface area contributed by atoms with Crippen LogP contribution in [-0.4, -0.2) is 4.98 Å². The van der Waals surface area contributed by atoms with Crippen molar-refractivity contribution in [2.24, 2.45) is 5.92 Å². The average molecular weight is 256 g/mol. The number of hydrogen-bond acceptors (Lipinski definition) is 3. The van der Waals surface area contributed by atoms with Gasteiger partial charge in [0.25, 0.3) is 0 Å². The van der Waals surface area contributed by atoms with E-state index in [2.05, 4.69) is 36.3 Å². The molecule has 2 aromatic rings. The molecule has 3 atom stereocenters. The molecule has 1 aliphatic rings. The van der Waals surface area contributed by atoms with Crippen molar-refractivity contribution in [3.8, 4) is 0 Å². The van der Waals surface area contributed by atoms with Crippen molar-refractivity contribution >= 4 is 0 Å². The van der Waals surface area contributed by atoms with Crippen LogP contribution in [-0.2, 0) is 6.54 Å². The summed E-state index contributed by atoms with van der Waals surface area (Å²) in [5, 5.41) is 3.44. The summed E-state index contributed by atoms with van der Waals surface area (Å²) >= 11 is 0. The van der Waals surface area contributed by atoms with Crippen LogP contribution in [0.15, 0.2) is 40.9 Å². The molecule has 100 valence electrons. The second-order valence-corrected chi connectivity index (χ2v) is 5.48. The number of pyridine rings is 1. The Balaban J connectivity index is 1.56. The first-order valence-electron chi connectivity index (χ1n) is 6.97. The van der Waals surface area contributed by atoms with E-state index in [1.54, 1.807) is 0 Å². The molecule has 1 N–H and O–H groups in total. The third-order valence-corrected chi connectivity index (χ3v) is 3.87. The van der Waals surface area contributed by atoms with E-state index in [1.165, 1.54) is 6.42 Å². The first-order chi connectivity index (χ1) is 9.24. The van der Waals surface area contributed by atoms with Gasteiger partial charge in [-0.05, 0) is 43.5 Å². The number of hydrogen-bond donors (Lipinski definition) is 1. The van der Waals surface area contributed by atoms with Gasteiger partial charge in [0.05, 0.1) is 12.2 Å². The predicted molar refractivity (Wildman–Crippen MR) is 74.7 cm³/mol. The van der Waals surface area contributed by atoms with E-state index in [1.807, 2.05) is 24.4 Å². The fraction of sp³-hybridized carbons (Fsp3) is 0.438. The van der Waals surface area contributed by atoms with Gasteiger partial charge in [-0.25, -0.2) is 0 Å². The van der Waals surface area contributed by atoms with Crippen molar-refractivity contribution in [3.63, 3.8) is 0 Å². The van der Waals surface area contributed by atoms with Crippen molar-refractivity contribution in [2.45, 2.75) is 38.8 Å². The second-order valence-electron chi connectivity index (χ2n) is 5.48. The standard InChI is InChI=1S/C16H20N2O/c1-11-9-14(11)16-7-6-13(19-16)10-18-12(2)15-5-3-4-8-17-15/h3-8,11-12,14,18H,9-10H2,1-2H3/t11?,12-,14?/m1/s1. The van der Waals surface area contributed by atoms with Crippen LogP contribution >= 0.6 is 0 Å². The molecule has 19 heavy (non-hydrogen) atoms. The summed E-state index contributed by atoms with van der Waals surface area (Å²) in [5.41, 5.74) is 1.06. The smallest absolute Gasteiger partial charge is 0.117 e. The molecular weight excluding hydrogens is 236 g/mol. The monoisotopic (exact) mass is 256 g/mol. The van der Waals surface area contributed by atoms with E-state index in [0.717, 1.165) is 29.7 Å². The topological polar surface area (TPSA) is 38.1 Å². The van der Waals surface area contributed by atoms with Gasteiger partial charge in [-0.1, -0.05) is 13.0 Å². The van der Waals surface area contributed by atoms with E-state index >= 15 is 0 Å². The van der Waals surface area contributed by atoms with E-state index in [9.17, 15) is 0 Å². The summed E-state index contributed by atoms with van der Waals surface area (Å²) in [5.74, 6) is 3.60. The Kier molecular flexibility index (Phi) is 3.38. The minimum atomic E-state index is 0.231. The van der Waals surface area contributed by atoms with Gasteiger partial charge in [-0.2, -0.15) is 0 Å². The van der Waals surface area contributed by atoms with Gasteiger partial charge in [-0.3, -0.25) is 4.98 Å². The van der Waals surface area contributed by atoms with Crippen LogP contribution in [0.3, 0.4) is 0 Å². The third-order valence-electron chi connectivity index (χ3n) is 3.87. The van der Waals surface area contributed by atoms with Crippen LogP contribution in [0.4, 0.5) is 0 Å². The molecule has 2 aromatic heterocycles. The largest absolute Gasteiger partial charge is 0.464 e. The zero-order chi connectivity index (χ0) is 13.2. The summed E-state index contributed by atoms with van der Waals surface area (Å²) < 4.78 is 5.88. The Hall–Kier alpha value is -1.61. The van der Waals surface area contributed by atoms with Crippen molar-refractivity contribution in [3.05, 3.63) is 53.7 Å². The lowest BCUT2D eigenvalue weighted by Gasteiger charge is -2.11. The lowest BCUT2D eigenvalue weighted by Crippen LogP contribution is -2.18. The zero-order valence-electron chi connectivity index (χ0n) is 11.5. The molecule has 1 saturated carbocycles. The highest BCUT2D eigenvalue weighted by Crippen LogP contribution is 2.47. The van der Waals surface area contributed by atoms with Crippen molar-refractivity contribution in [2.75, 3.05) is 0 Å². The third kappa shape index (κ3) is 2.87. The molecule has 0 amide bonds. The molecule has 1 aliphatic carbocycles. The molecule has 2 unspecified atom stereocenters. The Morgan fingerprint density at radius 2 is 2.21 bits per heavy atom. The Morgan fingerprint density at radius 3 is 2.89 bits per heavy atom. The summed E-state index contributed by atoms with van der Waals surface area (Å²) in [6.07, 6.45) is 3.09.